The van der Waals surface area contributed by atoms with Gasteiger partial charge in [-0.15, -0.1) is 0 Å². The molecule has 0 saturated heterocycles. The molecule has 2 aromatic rings. The van der Waals surface area contributed by atoms with Crippen molar-refractivity contribution in [3.05, 3.63) is 35.8 Å². The molecule has 0 aliphatic rings. The molecule has 102 valence electrons. The van der Waals surface area contributed by atoms with Gasteiger partial charge in [-0.2, -0.15) is 0 Å². The number of aromatic nitrogens is 1. The normalized spacial score (nSPS) is 11.8. The summed E-state index contributed by atoms with van der Waals surface area (Å²) in [4.78, 5) is 12.1. The molecule has 2 rings (SSSR count). The fraction of sp³-hybridized carbons (Fsp3) is 0.357. The number of fused-ring (bicyclic) bond motifs is 1. The molecule has 1 aromatic carbocycles. The number of carbonyl (C=O) groups is 1. The maximum absolute atomic E-state index is 13.2. The number of aryl methyl sites for hydroxylation is 1. The van der Waals surface area contributed by atoms with E-state index in [2.05, 4.69) is 5.32 Å². The highest BCUT2D eigenvalue weighted by molar-refractivity contribution is 5.98. The molecule has 0 aliphatic heterocycles. The molecule has 0 atom stereocenters. The minimum absolute atomic E-state index is 0.211. The maximum Gasteiger partial charge on any atom is 0.267 e. The van der Waals surface area contributed by atoms with E-state index in [1.165, 1.54) is 12.1 Å². The van der Waals surface area contributed by atoms with Gasteiger partial charge in [-0.1, -0.05) is 0 Å². The molecule has 1 aromatic heterocycles. The van der Waals surface area contributed by atoms with Crippen LogP contribution in [0, 0.1) is 5.82 Å². The van der Waals surface area contributed by atoms with Crippen LogP contribution in [0.5, 0.6) is 0 Å². The molecule has 0 bridgehead atoms. The van der Waals surface area contributed by atoms with Crippen LogP contribution in [0.2, 0.25) is 0 Å². The summed E-state index contributed by atoms with van der Waals surface area (Å²) in [6.07, 6.45) is 0. The molecular formula is C14H18FN3O. The highest BCUT2D eigenvalue weighted by atomic mass is 19.1. The second-order valence-corrected chi connectivity index (χ2v) is 5.46. The van der Waals surface area contributed by atoms with Crippen LogP contribution in [-0.4, -0.2) is 22.6 Å². The molecule has 3 N–H and O–H groups in total. The maximum atomic E-state index is 13.2. The second-order valence-electron chi connectivity index (χ2n) is 5.46. The minimum Gasteiger partial charge on any atom is -0.349 e. The Morgan fingerprint density at radius 2 is 2.11 bits per heavy atom. The third kappa shape index (κ3) is 2.93. The van der Waals surface area contributed by atoms with Crippen molar-refractivity contribution in [2.45, 2.75) is 19.4 Å². The Morgan fingerprint density at radius 1 is 1.42 bits per heavy atom. The number of hydrogen-bond donors (Lipinski definition) is 2. The highest BCUT2D eigenvalue weighted by Gasteiger charge is 2.17. The van der Waals surface area contributed by atoms with Gasteiger partial charge < -0.3 is 15.6 Å². The van der Waals surface area contributed by atoms with Crippen molar-refractivity contribution in [3.63, 3.8) is 0 Å². The van der Waals surface area contributed by atoms with Gasteiger partial charge in [0.1, 0.15) is 11.5 Å². The average Bonchev–Trinajstić information content (AvgIpc) is 2.62. The first-order valence-electron chi connectivity index (χ1n) is 6.10. The van der Waals surface area contributed by atoms with Crippen LogP contribution in [-0.2, 0) is 7.05 Å². The zero-order valence-electron chi connectivity index (χ0n) is 11.3. The number of carbonyl (C=O) groups excluding carboxylic acids is 1. The molecule has 4 nitrogen and oxygen atoms in total. The van der Waals surface area contributed by atoms with E-state index in [0.717, 1.165) is 5.52 Å². The van der Waals surface area contributed by atoms with Gasteiger partial charge in [0.05, 0.1) is 0 Å². The number of hydrogen-bond acceptors (Lipinski definition) is 2. The third-order valence-electron chi connectivity index (χ3n) is 2.94. The minimum atomic E-state index is -0.466. The van der Waals surface area contributed by atoms with Gasteiger partial charge >= 0.3 is 0 Å². The van der Waals surface area contributed by atoms with Crippen molar-refractivity contribution in [3.8, 4) is 0 Å². The van der Waals surface area contributed by atoms with E-state index < -0.39 is 5.54 Å². The van der Waals surface area contributed by atoms with E-state index in [1.54, 1.807) is 23.7 Å². The van der Waals surface area contributed by atoms with Crippen molar-refractivity contribution in [2.24, 2.45) is 12.8 Å². The van der Waals surface area contributed by atoms with Crippen molar-refractivity contribution in [1.29, 1.82) is 0 Å². The fourth-order valence-corrected chi connectivity index (χ4v) is 1.94. The highest BCUT2D eigenvalue weighted by Crippen LogP contribution is 2.19. The van der Waals surface area contributed by atoms with E-state index in [-0.39, 0.29) is 11.7 Å². The van der Waals surface area contributed by atoms with Gasteiger partial charge in [0.25, 0.3) is 5.91 Å². The van der Waals surface area contributed by atoms with Gasteiger partial charge in [0.2, 0.25) is 0 Å². The number of nitrogens with one attached hydrogen (secondary N) is 1. The standard InChI is InChI=1S/C14H18FN3O/c1-14(2,16)8-17-13(19)12-7-9-6-10(15)4-5-11(9)18(12)3/h4-7H,8,16H2,1-3H3,(H,17,19). The first-order chi connectivity index (χ1) is 8.78. The average molecular weight is 263 g/mol. The van der Waals surface area contributed by atoms with Crippen LogP contribution < -0.4 is 11.1 Å². The van der Waals surface area contributed by atoms with Crippen LogP contribution in [0.25, 0.3) is 10.9 Å². The lowest BCUT2D eigenvalue weighted by Gasteiger charge is -2.18. The number of nitrogens with two attached hydrogens (primary N) is 1. The lowest BCUT2D eigenvalue weighted by molar-refractivity contribution is 0.0938. The molecular weight excluding hydrogens is 245 g/mol. The topological polar surface area (TPSA) is 60.0 Å². The van der Waals surface area contributed by atoms with Crippen LogP contribution in [0.4, 0.5) is 4.39 Å². The summed E-state index contributed by atoms with van der Waals surface area (Å²) in [7, 11) is 1.78. The van der Waals surface area contributed by atoms with Gasteiger partial charge in [0.15, 0.2) is 0 Å². The molecule has 19 heavy (non-hydrogen) atoms. The number of nitrogens with zero attached hydrogens (tertiary/aromatic N) is 1. The van der Waals surface area contributed by atoms with Gasteiger partial charge in [0, 0.05) is 30.0 Å². The number of amides is 1. The van der Waals surface area contributed by atoms with E-state index >= 15 is 0 Å². The Bertz CT molecular complexity index is 625. The molecule has 0 spiro atoms. The van der Waals surface area contributed by atoms with Crippen LogP contribution >= 0.6 is 0 Å². The Morgan fingerprint density at radius 3 is 2.74 bits per heavy atom. The number of halogens is 1. The van der Waals surface area contributed by atoms with Gasteiger partial charge in [-0.25, -0.2) is 4.39 Å². The zero-order chi connectivity index (χ0) is 14.2. The fourth-order valence-electron chi connectivity index (χ4n) is 1.94. The van der Waals surface area contributed by atoms with E-state index in [9.17, 15) is 9.18 Å². The Balaban J connectivity index is 2.30. The summed E-state index contributed by atoms with van der Waals surface area (Å²) in [6.45, 7) is 4.05. The van der Waals surface area contributed by atoms with Crippen LogP contribution in [0.15, 0.2) is 24.3 Å². The third-order valence-corrected chi connectivity index (χ3v) is 2.94. The molecule has 0 saturated carbocycles. The van der Waals surface area contributed by atoms with Crippen LogP contribution in [0.3, 0.4) is 0 Å². The predicted molar refractivity (Wildman–Crippen MR) is 73.5 cm³/mol. The Labute approximate surface area is 111 Å². The monoisotopic (exact) mass is 263 g/mol. The van der Waals surface area contributed by atoms with E-state index in [4.69, 9.17) is 5.73 Å². The smallest absolute Gasteiger partial charge is 0.267 e. The summed E-state index contributed by atoms with van der Waals surface area (Å²) < 4.78 is 14.9. The summed E-state index contributed by atoms with van der Waals surface area (Å²) in [5.41, 5.74) is 6.67. The van der Waals surface area contributed by atoms with E-state index in [0.29, 0.717) is 17.6 Å². The number of rotatable bonds is 3. The summed E-state index contributed by atoms with van der Waals surface area (Å²) in [5.74, 6) is -0.522. The van der Waals surface area contributed by atoms with Crippen molar-refractivity contribution < 1.29 is 9.18 Å². The molecule has 5 heteroatoms. The lowest BCUT2D eigenvalue weighted by atomic mass is 10.1. The first kappa shape index (κ1) is 13.5. The lowest BCUT2D eigenvalue weighted by Crippen LogP contribution is -2.45. The molecule has 0 fully saturated rings. The first-order valence-corrected chi connectivity index (χ1v) is 6.10. The Kier molecular flexibility index (Phi) is 3.32. The number of benzene rings is 1. The van der Waals surface area contributed by atoms with Crippen LogP contribution in [0.1, 0.15) is 24.3 Å². The quantitative estimate of drug-likeness (QED) is 0.887. The van der Waals surface area contributed by atoms with Gasteiger partial charge in [-0.05, 0) is 38.1 Å². The van der Waals surface area contributed by atoms with Gasteiger partial charge in [-0.3, -0.25) is 4.79 Å². The predicted octanol–water partition coefficient (Wildman–Crippen LogP) is 1.78. The molecule has 0 radical (unpaired) electrons. The largest absolute Gasteiger partial charge is 0.349 e. The molecule has 1 amide bonds. The molecule has 0 unspecified atom stereocenters. The SMILES string of the molecule is Cn1c(C(=O)NCC(C)(C)N)cc2cc(F)ccc21. The molecule has 0 aliphatic carbocycles. The Hall–Kier alpha value is -1.88. The summed E-state index contributed by atoms with van der Waals surface area (Å²) in [5, 5.41) is 3.48. The van der Waals surface area contributed by atoms with Crippen molar-refractivity contribution >= 4 is 16.8 Å². The van der Waals surface area contributed by atoms with Crippen molar-refractivity contribution in [1.82, 2.24) is 9.88 Å². The second kappa shape index (κ2) is 4.66. The summed E-state index contributed by atoms with van der Waals surface area (Å²) >= 11 is 0. The van der Waals surface area contributed by atoms with E-state index in [1.807, 2.05) is 13.8 Å². The summed E-state index contributed by atoms with van der Waals surface area (Å²) in [6, 6.07) is 6.14. The zero-order valence-corrected chi connectivity index (χ0v) is 11.3. The van der Waals surface area contributed by atoms with Crippen molar-refractivity contribution in [2.75, 3.05) is 6.54 Å². The molecule has 1 heterocycles.